The Morgan fingerprint density at radius 1 is 0.885 bits per heavy atom. The van der Waals surface area contributed by atoms with Crippen LogP contribution in [-0.2, 0) is 11.2 Å². The molecular formula is C23H27NO2. The van der Waals surface area contributed by atoms with Gasteiger partial charge in [0.1, 0.15) is 6.61 Å². The van der Waals surface area contributed by atoms with Crippen LogP contribution in [0.4, 0.5) is 0 Å². The van der Waals surface area contributed by atoms with Crippen LogP contribution in [0.2, 0.25) is 0 Å². The Balaban J connectivity index is 1.45. The van der Waals surface area contributed by atoms with Gasteiger partial charge in [0.15, 0.2) is 5.78 Å². The highest BCUT2D eigenvalue weighted by Gasteiger charge is 2.04. The highest BCUT2D eigenvalue weighted by molar-refractivity contribution is 5.95. The average Bonchev–Trinajstić information content (AvgIpc) is 3.16. The Morgan fingerprint density at radius 2 is 1.65 bits per heavy atom. The van der Waals surface area contributed by atoms with Crippen molar-refractivity contribution < 1.29 is 9.90 Å². The zero-order chi connectivity index (χ0) is 18.2. The number of benzene rings is 2. The normalized spacial score (nSPS) is 11.1. The van der Waals surface area contributed by atoms with Crippen molar-refractivity contribution in [1.82, 2.24) is 4.98 Å². The Labute approximate surface area is 155 Å². The van der Waals surface area contributed by atoms with Gasteiger partial charge < -0.3 is 10.1 Å². The molecule has 26 heavy (non-hydrogen) atoms. The van der Waals surface area contributed by atoms with Crippen LogP contribution in [-0.4, -0.2) is 22.5 Å². The first-order chi connectivity index (χ1) is 12.8. The summed E-state index contributed by atoms with van der Waals surface area (Å²) in [5.41, 5.74) is 5.08. The van der Waals surface area contributed by atoms with Gasteiger partial charge >= 0.3 is 0 Å². The number of nitrogens with one attached hydrogen (secondary N) is 1. The van der Waals surface area contributed by atoms with E-state index in [-0.39, 0.29) is 12.4 Å². The third-order valence-electron chi connectivity index (χ3n) is 4.96. The molecule has 0 aliphatic carbocycles. The second kappa shape index (κ2) is 9.35. The lowest BCUT2D eigenvalue weighted by molar-refractivity contribution is -0.121. The quantitative estimate of drug-likeness (QED) is 0.489. The molecule has 0 bridgehead atoms. The minimum absolute atomic E-state index is 0.0413. The van der Waals surface area contributed by atoms with Gasteiger partial charge in [0.2, 0.25) is 0 Å². The number of carbonyl (C=O) groups is 1. The third kappa shape index (κ3) is 4.83. The summed E-state index contributed by atoms with van der Waals surface area (Å²) in [5, 5.41) is 9.95. The number of aliphatic hydroxyl groups is 1. The van der Waals surface area contributed by atoms with Gasteiger partial charge in [0.25, 0.3) is 0 Å². The van der Waals surface area contributed by atoms with Crippen molar-refractivity contribution in [3.63, 3.8) is 0 Å². The monoisotopic (exact) mass is 349 g/mol. The summed E-state index contributed by atoms with van der Waals surface area (Å²) >= 11 is 0. The van der Waals surface area contributed by atoms with Crippen LogP contribution >= 0.6 is 0 Å². The number of aromatic amines is 1. The third-order valence-corrected chi connectivity index (χ3v) is 4.96. The summed E-state index contributed by atoms with van der Waals surface area (Å²) in [6, 6.07) is 17.4. The Morgan fingerprint density at radius 3 is 2.46 bits per heavy atom. The molecule has 0 atom stereocenters. The fourth-order valence-electron chi connectivity index (χ4n) is 3.45. The number of carbonyl (C=O) groups excluding carboxylic acids is 1. The lowest BCUT2D eigenvalue weighted by Gasteiger charge is -2.06. The average molecular weight is 349 g/mol. The molecular weight excluding hydrogens is 322 g/mol. The van der Waals surface area contributed by atoms with E-state index in [1.807, 2.05) is 6.20 Å². The van der Waals surface area contributed by atoms with Crippen LogP contribution in [0, 0.1) is 0 Å². The molecule has 0 saturated heterocycles. The molecule has 2 aromatic carbocycles. The first-order valence-corrected chi connectivity index (χ1v) is 9.56. The zero-order valence-electron chi connectivity index (χ0n) is 15.2. The summed E-state index contributed by atoms with van der Waals surface area (Å²) in [6.07, 6.45) is 9.12. The molecule has 3 aromatic rings. The number of H-pyrrole nitrogens is 1. The van der Waals surface area contributed by atoms with Gasteiger partial charge in [0, 0.05) is 23.5 Å². The van der Waals surface area contributed by atoms with E-state index in [2.05, 4.69) is 53.5 Å². The molecule has 3 nitrogen and oxygen atoms in total. The summed E-state index contributed by atoms with van der Waals surface area (Å²) in [6.45, 7) is -0.311. The maximum absolute atomic E-state index is 11.0. The fraction of sp³-hybridized carbons (Fsp3) is 0.348. The predicted molar refractivity (Wildman–Crippen MR) is 107 cm³/mol. The Kier molecular flexibility index (Phi) is 6.62. The molecule has 136 valence electrons. The topological polar surface area (TPSA) is 53.1 Å². The molecule has 0 aliphatic rings. The van der Waals surface area contributed by atoms with E-state index in [1.165, 1.54) is 40.4 Å². The minimum atomic E-state index is -0.311. The van der Waals surface area contributed by atoms with Gasteiger partial charge in [-0.15, -0.1) is 0 Å². The second-order valence-electron chi connectivity index (χ2n) is 6.91. The summed E-state index contributed by atoms with van der Waals surface area (Å²) in [7, 11) is 0. The van der Waals surface area contributed by atoms with Crippen molar-refractivity contribution in [2.75, 3.05) is 6.61 Å². The predicted octanol–water partition coefficient (Wildman–Crippen LogP) is 5.28. The molecule has 0 radical (unpaired) electrons. The number of aryl methyl sites for hydroxylation is 1. The van der Waals surface area contributed by atoms with Crippen molar-refractivity contribution in [2.24, 2.45) is 0 Å². The van der Waals surface area contributed by atoms with Crippen LogP contribution < -0.4 is 0 Å². The number of hydrogen-bond donors (Lipinski definition) is 2. The van der Waals surface area contributed by atoms with Crippen LogP contribution in [0.1, 0.15) is 44.1 Å². The van der Waals surface area contributed by atoms with E-state index in [0.717, 1.165) is 25.7 Å². The molecule has 0 aliphatic heterocycles. The number of hydrogen-bond acceptors (Lipinski definition) is 2. The van der Waals surface area contributed by atoms with E-state index in [0.29, 0.717) is 6.42 Å². The SMILES string of the molecule is O=C(CO)CCCCCCCc1ccc(-c2cccc3[nH]ccc23)cc1. The Hall–Kier alpha value is -2.39. The largest absolute Gasteiger partial charge is 0.389 e. The van der Waals surface area contributed by atoms with E-state index in [4.69, 9.17) is 5.11 Å². The lowest BCUT2D eigenvalue weighted by atomic mass is 9.98. The number of ketones is 1. The molecule has 1 aromatic heterocycles. The van der Waals surface area contributed by atoms with Crippen molar-refractivity contribution in [2.45, 2.75) is 44.9 Å². The van der Waals surface area contributed by atoms with Crippen molar-refractivity contribution in [3.05, 3.63) is 60.3 Å². The summed E-state index contributed by atoms with van der Waals surface area (Å²) in [4.78, 5) is 14.3. The summed E-state index contributed by atoms with van der Waals surface area (Å²) in [5.74, 6) is -0.0413. The molecule has 1 heterocycles. The first-order valence-electron chi connectivity index (χ1n) is 9.56. The number of rotatable bonds is 10. The van der Waals surface area contributed by atoms with Gasteiger partial charge in [-0.3, -0.25) is 4.79 Å². The van der Waals surface area contributed by atoms with Gasteiger partial charge in [-0.2, -0.15) is 0 Å². The molecule has 0 unspecified atom stereocenters. The maximum atomic E-state index is 11.0. The second-order valence-corrected chi connectivity index (χ2v) is 6.91. The number of aliphatic hydroxyl groups excluding tert-OH is 1. The molecule has 0 fully saturated rings. The number of aromatic nitrogens is 1. The van der Waals surface area contributed by atoms with Crippen LogP contribution in [0.3, 0.4) is 0 Å². The van der Waals surface area contributed by atoms with Crippen LogP contribution in [0.15, 0.2) is 54.7 Å². The van der Waals surface area contributed by atoms with E-state index >= 15 is 0 Å². The Bertz CT molecular complexity index is 833. The van der Waals surface area contributed by atoms with E-state index < -0.39 is 0 Å². The molecule has 0 spiro atoms. The van der Waals surface area contributed by atoms with E-state index in [1.54, 1.807) is 0 Å². The van der Waals surface area contributed by atoms with Gasteiger partial charge in [-0.1, -0.05) is 55.7 Å². The molecule has 2 N–H and O–H groups in total. The standard InChI is InChI=1S/C23H27NO2/c25-17-20(26)8-5-3-1-2-4-7-18-11-13-19(14-12-18)21-9-6-10-23-22(21)15-16-24-23/h6,9-16,24-25H,1-5,7-8,17H2. The lowest BCUT2D eigenvalue weighted by Crippen LogP contribution is -2.02. The zero-order valence-corrected chi connectivity index (χ0v) is 15.2. The number of unbranched alkanes of at least 4 members (excludes halogenated alkanes) is 4. The van der Waals surface area contributed by atoms with Gasteiger partial charge in [-0.25, -0.2) is 0 Å². The van der Waals surface area contributed by atoms with Crippen LogP contribution in [0.5, 0.6) is 0 Å². The van der Waals surface area contributed by atoms with E-state index in [9.17, 15) is 4.79 Å². The molecule has 0 saturated carbocycles. The summed E-state index contributed by atoms with van der Waals surface area (Å²) < 4.78 is 0. The highest BCUT2D eigenvalue weighted by Crippen LogP contribution is 2.28. The maximum Gasteiger partial charge on any atom is 0.158 e. The molecule has 3 heteroatoms. The van der Waals surface area contributed by atoms with Gasteiger partial charge in [0.05, 0.1) is 0 Å². The number of fused-ring (bicyclic) bond motifs is 1. The highest BCUT2D eigenvalue weighted by atomic mass is 16.3. The molecule has 3 rings (SSSR count). The van der Waals surface area contributed by atoms with Gasteiger partial charge in [-0.05, 0) is 48.1 Å². The van der Waals surface area contributed by atoms with Crippen molar-refractivity contribution in [3.8, 4) is 11.1 Å². The van der Waals surface area contributed by atoms with Crippen LogP contribution in [0.25, 0.3) is 22.0 Å². The molecule has 0 amide bonds. The smallest absolute Gasteiger partial charge is 0.158 e. The minimum Gasteiger partial charge on any atom is -0.389 e. The number of Topliss-reactive ketones (excluding diaryl/α,β-unsaturated/α-hetero) is 1. The van der Waals surface area contributed by atoms with Crippen molar-refractivity contribution >= 4 is 16.7 Å². The fourth-order valence-corrected chi connectivity index (χ4v) is 3.45. The first kappa shape index (κ1) is 18.4. The van der Waals surface area contributed by atoms with Crippen molar-refractivity contribution in [1.29, 1.82) is 0 Å².